The third-order valence-electron chi connectivity index (χ3n) is 5.02. The number of nitrogens with zero attached hydrogens (tertiary/aromatic N) is 2. The second-order valence-corrected chi connectivity index (χ2v) is 6.81. The summed E-state index contributed by atoms with van der Waals surface area (Å²) in [5.41, 5.74) is 1.58. The summed E-state index contributed by atoms with van der Waals surface area (Å²) in [5.74, 6) is 0.854. The van der Waals surface area contributed by atoms with Crippen molar-refractivity contribution in [1.82, 2.24) is 0 Å². The van der Waals surface area contributed by atoms with Crippen LogP contribution >= 0.6 is 0 Å². The lowest BCUT2D eigenvalue weighted by molar-refractivity contribution is -0.384. The molecule has 0 bridgehead atoms. The summed E-state index contributed by atoms with van der Waals surface area (Å²) in [6, 6.07) is 8.14. The van der Waals surface area contributed by atoms with E-state index in [-0.39, 0.29) is 16.4 Å². The number of ether oxygens (including phenoxy) is 3. The second-order valence-electron chi connectivity index (χ2n) is 6.81. The number of benzene rings is 2. The number of allylic oxidation sites excluding steroid dienone is 1. The average molecular weight is 412 g/mol. The summed E-state index contributed by atoms with van der Waals surface area (Å²) < 4.78 is 15.8. The van der Waals surface area contributed by atoms with Crippen molar-refractivity contribution >= 4 is 23.2 Å². The van der Waals surface area contributed by atoms with E-state index in [1.807, 2.05) is 4.90 Å². The molecule has 0 radical (unpaired) electrons. The Kier molecular flexibility index (Phi) is 6.56. The Bertz CT molecular complexity index is 955. The van der Waals surface area contributed by atoms with Crippen molar-refractivity contribution in [3.8, 4) is 17.2 Å². The predicted molar refractivity (Wildman–Crippen MR) is 114 cm³/mol. The molecule has 8 nitrogen and oxygen atoms in total. The number of hydrogen-bond acceptors (Lipinski definition) is 7. The van der Waals surface area contributed by atoms with Crippen molar-refractivity contribution in [1.29, 1.82) is 0 Å². The van der Waals surface area contributed by atoms with Crippen LogP contribution in [0, 0.1) is 10.1 Å². The first-order chi connectivity index (χ1) is 14.5. The Morgan fingerprint density at radius 3 is 2.20 bits per heavy atom. The zero-order chi connectivity index (χ0) is 21.7. The third-order valence-corrected chi connectivity index (χ3v) is 5.02. The number of carbonyl (C=O) groups is 1. The van der Waals surface area contributed by atoms with Gasteiger partial charge in [0.1, 0.15) is 5.69 Å². The molecule has 1 heterocycles. The largest absolute Gasteiger partial charge is 0.493 e. The van der Waals surface area contributed by atoms with Gasteiger partial charge in [-0.1, -0.05) is 12.1 Å². The molecule has 0 N–H and O–H groups in total. The molecule has 8 heteroatoms. The molecule has 158 valence electrons. The van der Waals surface area contributed by atoms with Crippen molar-refractivity contribution in [2.45, 2.75) is 12.8 Å². The van der Waals surface area contributed by atoms with E-state index in [1.54, 1.807) is 30.3 Å². The minimum Gasteiger partial charge on any atom is -0.493 e. The first kappa shape index (κ1) is 21.2. The molecular formula is C22H24N2O6. The van der Waals surface area contributed by atoms with Crippen LogP contribution < -0.4 is 19.1 Å². The van der Waals surface area contributed by atoms with Crippen LogP contribution in [0.4, 0.5) is 11.4 Å². The number of carbonyl (C=O) groups excluding carboxylic acids is 1. The van der Waals surface area contributed by atoms with Crippen molar-refractivity contribution in [3.05, 3.63) is 57.6 Å². The highest BCUT2D eigenvalue weighted by Crippen LogP contribution is 2.38. The molecule has 0 amide bonds. The van der Waals surface area contributed by atoms with E-state index in [2.05, 4.69) is 0 Å². The van der Waals surface area contributed by atoms with Crippen LogP contribution in [0.15, 0.2) is 36.4 Å². The van der Waals surface area contributed by atoms with Gasteiger partial charge in [-0.2, -0.15) is 0 Å². The van der Waals surface area contributed by atoms with E-state index in [9.17, 15) is 14.9 Å². The van der Waals surface area contributed by atoms with Crippen molar-refractivity contribution in [3.63, 3.8) is 0 Å². The number of methoxy groups -OCH3 is 3. The second kappa shape index (κ2) is 9.30. The SMILES string of the molecule is COc1cc(C(=O)/C=C/c2ccc(N3CCCC3)c([N+](=O)[O-])c2)cc(OC)c1OC. The first-order valence-corrected chi connectivity index (χ1v) is 9.54. The van der Waals surface area contributed by atoms with Gasteiger partial charge in [-0.25, -0.2) is 0 Å². The monoisotopic (exact) mass is 412 g/mol. The number of nitro groups is 1. The molecule has 1 fully saturated rings. The Hall–Kier alpha value is -3.55. The van der Waals surface area contributed by atoms with Gasteiger partial charge in [0.2, 0.25) is 5.75 Å². The molecule has 1 saturated heterocycles. The summed E-state index contributed by atoms with van der Waals surface area (Å²) in [6.07, 6.45) is 4.99. The molecule has 1 aliphatic heterocycles. The molecule has 0 atom stereocenters. The highest BCUT2D eigenvalue weighted by atomic mass is 16.6. The van der Waals surface area contributed by atoms with Crippen LogP contribution in [-0.2, 0) is 0 Å². The molecule has 30 heavy (non-hydrogen) atoms. The highest BCUT2D eigenvalue weighted by Gasteiger charge is 2.22. The van der Waals surface area contributed by atoms with Crippen LogP contribution in [0.25, 0.3) is 6.08 Å². The van der Waals surface area contributed by atoms with Gasteiger partial charge >= 0.3 is 0 Å². The Labute approximate surface area is 174 Å². The number of hydrogen-bond donors (Lipinski definition) is 0. The van der Waals surface area contributed by atoms with Crippen molar-refractivity contribution in [2.75, 3.05) is 39.3 Å². The van der Waals surface area contributed by atoms with Crippen LogP contribution in [0.5, 0.6) is 17.2 Å². The third kappa shape index (κ3) is 4.37. The maximum Gasteiger partial charge on any atom is 0.293 e. The first-order valence-electron chi connectivity index (χ1n) is 9.54. The van der Waals surface area contributed by atoms with E-state index in [1.165, 1.54) is 33.5 Å². The zero-order valence-electron chi connectivity index (χ0n) is 17.2. The summed E-state index contributed by atoms with van der Waals surface area (Å²) in [4.78, 5) is 25.8. The Morgan fingerprint density at radius 2 is 1.67 bits per heavy atom. The highest BCUT2D eigenvalue weighted by molar-refractivity contribution is 6.07. The minimum absolute atomic E-state index is 0.0410. The molecule has 0 saturated carbocycles. The van der Waals surface area contributed by atoms with E-state index >= 15 is 0 Å². The van der Waals surface area contributed by atoms with Gasteiger partial charge in [0.25, 0.3) is 5.69 Å². The van der Waals surface area contributed by atoms with E-state index in [0.29, 0.717) is 34.1 Å². The molecule has 2 aromatic rings. The number of anilines is 1. The fourth-order valence-corrected chi connectivity index (χ4v) is 3.51. The molecule has 0 unspecified atom stereocenters. The van der Waals surface area contributed by atoms with E-state index in [4.69, 9.17) is 14.2 Å². The molecule has 1 aliphatic rings. The predicted octanol–water partition coefficient (Wildman–Crippen LogP) is 4.12. The smallest absolute Gasteiger partial charge is 0.293 e. The molecule has 3 rings (SSSR count). The van der Waals surface area contributed by atoms with Crippen LogP contribution in [-0.4, -0.2) is 45.1 Å². The van der Waals surface area contributed by atoms with Crippen LogP contribution in [0.3, 0.4) is 0 Å². The van der Waals surface area contributed by atoms with Gasteiger partial charge in [0, 0.05) is 24.7 Å². The van der Waals surface area contributed by atoms with Gasteiger partial charge in [0.15, 0.2) is 17.3 Å². The molecule has 2 aromatic carbocycles. The van der Waals surface area contributed by atoms with Gasteiger partial charge in [0.05, 0.1) is 26.3 Å². The fourth-order valence-electron chi connectivity index (χ4n) is 3.51. The standard InChI is InChI=1S/C22H24N2O6/c1-28-20-13-16(14-21(29-2)22(20)30-3)19(25)9-7-15-6-8-17(18(12-15)24(26)27)23-10-4-5-11-23/h6-9,12-14H,4-5,10-11H2,1-3H3/b9-7+. The van der Waals surface area contributed by atoms with Gasteiger partial charge < -0.3 is 19.1 Å². The molecule has 0 spiro atoms. The minimum atomic E-state index is -0.383. The maximum atomic E-state index is 12.7. The van der Waals surface area contributed by atoms with Crippen LogP contribution in [0.1, 0.15) is 28.8 Å². The topological polar surface area (TPSA) is 91.1 Å². The summed E-state index contributed by atoms with van der Waals surface area (Å²) in [7, 11) is 4.44. The van der Waals surface area contributed by atoms with Crippen molar-refractivity contribution < 1.29 is 23.9 Å². The lowest BCUT2D eigenvalue weighted by Crippen LogP contribution is -2.18. The average Bonchev–Trinajstić information content (AvgIpc) is 3.30. The molecular weight excluding hydrogens is 388 g/mol. The Balaban J connectivity index is 1.87. The van der Waals surface area contributed by atoms with Gasteiger partial charge in [-0.3, -0.25) is 14.9 Å². The van der Waals surface area contributed by atoms with E-state index in [0.717, 1.165) is 25.9 Å². The number of ketones is 1. The normalized spacial score (nSPS) is 13.5. The number of rotatable bonds is 8. The summed E-state index contributed by atoms with van der Waals surface area (Å²) in [5, 5.41) is 11.5. The fraction of sp³-hybridized carbons (Fsp3) is 0.318. The van der Waals surface area contributed by atoms with E-state index < -0.39 is 0 Å². The summed E-state index contributed by atoms with van der Waals surface area (Å²) >= 11 is 0. The van der Waals surface area contributed by atoms with Crippen LogP contribution in [0.2, 0.25) is 0 Å². The Morgan fingerprint density at radius 1 is 1.03 bits per heavy atom. The number of nitro benzene ring substituents is 1. The summed E-state index contributed by atoms with van der Waals surface area (Å²) in [6.45, 7) is 1.63. The quantitative estimate of drug-likeness (QED) is 0.279. The lowest BCUT2D eigenvalue weighted by Gasteiger charge is -2.17. The molecule has 0 aromatic heterocycles. The zero-order valence-corrected chi connectivity index (χ0v) is 17.2. The van der Waals surface area contributed by atoms with Gasteiger partial charge in [-0.15, -0.1) is 0 Å². The van der Waals surface area contributed by atoms with Crippen molar-refractivity contribution in [2.24, 2.45) is 0 Å². The lowest BCUT2D eigenvalue weighted by atomic mass is 10.1. The molecule has 0 aliphatic carbocycles. The maximum absolute atomic E-state index is 12.7. The van der Waals surface area contributed by atoms with Gasteiger partial charge in [-0.05, 0) is 42.7 Å².